The molecule has 0 atom stereocenters. The first kappa shape index (κ1) is 19.9. The molecule has 0 unspecified atom stereocenters. The van der Waals surface area contributed by atoms with Gasteiger partial charge in [0.1, 0.15) is 0 Å². The van der Waals surface area contributed by atoms with Crippen molar-refractivity contribution in [3.8, 4) is 0 Å². The third-order valence-electron chi connectivity index (χ3n) is 5.45. The van der Waals surface area contributed by atoms with Crippen molar-refractivity contribution in [1.82, 2.24) is 15.2 Å². The summed E-state index contributed by atoms with van der Waals surface area (Å²) in [5.74, 6) is 0.00692. The van der Waals surface area contributed by atoms with E-state index in [-0.39, 0.29) is 5.91 Å². The van der Waals surface area contributed by atoms with Gasteiger partial charge >= 0.3 is 0 Å². The molecule has 6 heteroatoms. The zero-order chi connectivity index (χ0) is 20.4. The van der Waals surface area contributed by atoms with Crippen LogP contribution in [0.2, 0.25) is 0 Å². The fraction of sp³-hybridized carbons (Fsp3) is 0.391. The molecule has 29 heavy (non-hydrogen) atoms. The Morgan fingerprint density at radius 2 is 1.86 bits per heavy atom. The lowest BCUT2D eigenvalue weighted by Crippen LogP contribution is -2.48. The summed E-state index contributed by atoms with van der Waals surface area (Å²) in [6.45, 7) is 11.8. The van der Waals surface area contributed by atoms with Crippen LogP contribution in [-0.4, -0.2) is 55.1 Å². The van der Waals surface area contributed by atoms with Crippen LogP contribution in [0, 0.1) is 20.8 Å². The van der Waals surface area contributed by atoms with Gasteiger partial charge in [-0.25, -0.2) is 4.98 Å². The van der Waals surface area contributed by atoms with E-state index >= 15 is 0 Å². The summed E-state index contributed by atoms with van der Waals surface area (Å²) in [6, 6.07) is 12.1. The van der Waals surface area contributed by atoms with Gasteiger partial charge in [0, 0.05) is 44.8 Å². The number of nitrogens with one attached hydrogen (secondary N) is 1. The van der Waals surface area contributed by atoms with Gasteiger partial charge in [-0.05, 0) is 50.1 Å². The zero-order valence-electron chi connectivity index (χ0n) is 17.4. The first-order valence-electron chi connectivity index (χ1n) is 10.2. The quantitative estimate of drug-likeness (QED) is 0.698. The molecule has 0 bridgehead atoms. The number of carbonyl (C=O) groups excluding carboxylic acids is 1. The smallest absolute Gasteiger partial charge is 0.251 e. The minimum Gasteiger partial charge on any atom is -0.351 e. The topological polar surface area (TPSA) is 48.5 Å². The molecule has 1 aliphatic rings. The first-order chi connectivity index (χ1) is 14.0. The van der Waals surface area contributed by atoms with E-state index < -0.39 is 0 Å². The number of nitrogens with zero attached hydrogens (tertiary/aromatic N) is 3. The molecule has 0 radical (unpaired) electrons. The van der Waals surface area contributed by atoms with Gasteiger partial charge in [-0.2, -0.15) is 0 Å². The number of benzene rings is 2. The second-order valence-electron chi connectivity index (χ2n) is 7.88. The van der Waals surface area contributed by atoms with Crippen molar-refractivity contribution in [2.75, 3.05) is 44.2 Å². The molecule has 152 valence electrons. The molecular weight excluding hydrogens is 380 g/mol. The Morgan fingerprint density at radius 3 is 2.62 bits per heavy atom. The molecule has 5 nitrogen and oxygen atoms in total. The van der Waals surface area contributed by atoms with Crippen LogP contribution in [0.1, 0.15) is 27.0 Å². The normalized spacial score (nSPS) is 15.1. The van der Waals surface area contributed by atoms with Crippen LogP contribution in [0.15, 0.2) is 36.4 Å². The van der Waals surface area contributed by atoms with Crippen LogP contribution in [0.3, 0.4) is 0 Å². The summed E-state index contributed by atoms with van der Waals surface area (Å²) in [4.78, 5) is 21.9. The third-order valence-corrected chi connectivity index (χ3v) is 6.71. The SMILES string of the molecule is Cc1cccc(C(=O)NCCN2CCN(c3nc4cc(C)cc(C)c4s3)CC2)c1. The maximum absolute atomic E-state index is 12.3. The van der Waals surface area contributed by atoms with Crippen molar-refractivity contribution in [3.63, 3.8) is 0 Å². The maximum atomic E-state index is 12.3. The number of thiazole rings is 1. The molecule has 1 saturated heterocycles. The number of fused-ring (bicyclic) bond motifs is 1. The van der Waals surface area contributed by atoms with Crippen LogP contribution >= 0.6 is 11.3 Å². The monoisotopic (exact) mass is 408 g/mol. The van der Waals surface area contributed by atoms with E-state index in [2.05, 4.69) is 41.1 Å². The average molecular weight is 409 g/mol. The van der Waals surface area contributed by atoms with Crippen LogP contribution in [0.25, 0.3) is 10.2 Å². The van der Waals surface area contributed by atoms with Gasteiger partial charge in [-0.3, -0.25) is 9.69 Å². The summed E-state index contributed by atoms with van der Waals surface area (Å²) in [7, 11) is 0. The van der Waals surface area contributed by atoms with Crippen molar-refractivity contribution in [2.45, 2.75) is 20.8 Å². The number of aryl methyl sites for hydroxylation is 3. The molecular formula is C23H28N4OS. The summed E-state index contributed by atoms with van der Waals surface area (Å²) in [6.07, 6.45) is 0. The predicted molar refractivity (Wildman–Crippen MR) is 121 cm³/mol. The van der Waals surface area contributed by atoms with Crippen LogP contribution < -0.4 is 10.2 Å². The van der Waals surface area contributed by atoms with Crippen LogP contribution in [0.4, 0.5) is 5.13 Å². The van der Waals surface area contributed by atoms with Crippen molar-refractivity contribution in [1.29, 1.82) is 0 Å². The highest BCUT2D eigenvalue weighted by Gasteiger charge is 2.20. The van der Waals surface area contributed by atoms with E-state index in [0.29, 0.717) is 6.54 Å². The van der Waals surface area contributed by atoms with Crippen molar-refractivity contribution < 1.29 is 4.79 Å². The standard InChI is InChI=1S/C23H28N4OS/c1-16-5-4-6-19(14-16)22(28)24-7-8-26-9-11-27(12-10-26)23-25-20-15-17(2)13-18(3)21(20)29-23/h4-6,13-15H,7-12H2,1-3H3,(H,24,28). The maximum Gasteiger partial charge on any atom is 0.251 e. The van der Waals surface area contributed by atoms with Crippen molar-refractivity contribution >= 4 is 32.6 Å². The Hall–Kier alpha value is -2.44. The average Bonchev–Trinajstić information content (AvgIpc) is 3.13. The fourth-order valence-electron chi connectivity index (χ4n) is 3.88. The van der Waals surface area contributed by atoms with Crippen LogP contribution in [0.5, 0.6) is 0 Å². The minimum absolute atomic E-state index is 0.00692. The van der Waals surface area contributed by atoms with Gasteiger partial charge in [0.2, 0.25) is 0 Å². The van der Waals surface area contributed by atoms with E-state index in [1.54, 1.807) is 11.3 Å². The Morgan fingerprint density at radius 1 is 1.07 bits per heavy atom. The zero-order valence-corrected chi connectivity index (χ0v) is 18.2. The van der Waals surface area contributed by atoms with Crippen molar-refractivity contribution in [3.05, 3.63) is 58.7 Å². The second-order valence-corrected chi connectivity index (χ2v) is 8.86. The number of piperazine rings is 1. The second kappa shape index (κ2) is 8.51. The molecule has 2 aromatic carbocycles. The number of aromatic nitrogens is 1. The van der Waals surface area contributed by atoms with E-state index in [1.165, 1.54) is 15.8 Å². The van der Waals surface area contributed by atoms with Gasteiger partial charge in [0.05, 0.1) is 10.2 Å². The van der Waals surface area contributed by atoms with E-state index in [9.17, 15) is 4.79 Å². The highest BCUT2D eigenvalue weighted by molar-refractivity contribution is 7.22. The Balaban J connectivity index is 1.27. The Labute approximate surface area is 176 Å². The molecule has 0 saturated carbocycles. The van der Waals surface area contributed by atoms with Crippen LogP contribution in [-0.2, 0) is 0 Å². The molecule has 4 rings (SSSR count). The molecule has 2 heterocycles. The molecule has 1 amide bonds. The van der Waals surface area contributed by atoms with Crippen molar-refractivity contribution in [2.24, 2.45) is 0 Å². The number of rotatable bonds is 5. The third kappa shape index (κ3) is 4.60. The highest BCUT2D eigenvalue weighted by Crippen LogP contribution is 2.32. The highest BCUT2D eigenvalue weighted by atomic mass is 32.1. The lowest BCUT2D eigenvalue weighted by Gasteiger charge is -2.34. The molecule has 1 fully saturated rings. The van der Waals surface area contributed by atoms with Gasteiger partial charge in [-0.15, -0.1) is 0 Å². The summed E-state index contributed by atoms with van der Waals surface area (Å²) >= 11 is 1.80. The Kier molecular flexibility index (Phi) is 5.83. The number of anilines is 1. The molecule has 1 N–H and O–H groups in total. The van der Waals surface area contributed by atoms with Gasteiger partial charge in [0.25, 0.3) is 5.91 Å². The van der Waals surface area contributed by atoms with E-state index in [1.807, 2.05) is 31.2 Å². The summed E-state index contributed by atoms with van der Waals surface area (Å²) in [5.41, 5.74) is 5.53. The van der Waals surface area contributed by atoms with E-state index in [0.717, 1.165) is 54.5 Å². The number of carbonyl (C=O) groups is 1. The molecule has 0 aliphatic carbocycles. The van der Waals surface area contributed by atoms with Gasteiger partial charge in [0.15, 0.2) is 5.13 Å². The van der Waals surface area contributed by atoms with Gasteiger partial charge < -0.3 is 10.2 Å². The molecule has 1 aromatic heterocycles. The van der Waals surface area contributed by atoms with Gasteiger partial charge in [-0.1, -0.05) is 35.1 Å². The lowest BCUT2D eigenvalue weighted by atomic mass is 10.1. The number of amides is 1. The lowest BCUT2D eigenvalue weighted by molar-refractivity contribution is 0.0947. The first-order valence-corrected chi connectivity index (χ1v) is 11.0. The Bertz CT molecular complexity index is 1020. The van der Waals surface area contributed by atoms with E-state index in [4.69, 9.17) is 4.98 Å². The molecule has 0 spiro atoms. The molecule has 3 aromatic rings. The summed E-state index contributed by atoms with van der Waals surface area (Å²) in [5, 5.41) is 4.17. The molecule has 1 aliphatic heterocycles. The minimum atomic E-state index is 0.00692. The summed E-state index contributed by atoms with van der Waals surface area (Å²) < 4.78 is 1.30. The predicted octanol–water partition coefficient (Wildman–Crippen LogP) is 3.77. The fourth-order valence-corrected chi connectivity index (χ4v) is 4.95. The number of hydrogen-bond donors (Lipinski definition) is 1. The largest absolute Gasteiger partial charge is 0.351 e. The number of hydrogen-bond acceptors (Lipinski definition) is 5.